The number of aromatic carboxylic acids is 1. The number of hydrogen-bond acceptors (Lipinski definition) is 6. The Balaban J connectivity index is 2.18. The van der Waals surface area contributed by atoms with E-state index >= 15 is 0 Å². The largest absolute Gasteiger partial charge is 0.545 e. The quantitative estimate of drug-likeness (QED) is 0.724. The summed E-state index contributed by atoms with van der Waals surface area (Å²) in [6, 6.07) is 13.1. The Labute approximate surface area is 158 Å². The van der Waals surface area contributed by atoms with Crippen molar-refractivity contribution in [2.45, 2.75) is 20.0 Å². The standard InChI is InChI=1S/C21H23N3O3/c1-13(2)27-19-8-6-5-7-18(19)23-20-15-11-14(24(3)4)9-10-17(15)22-12-16(20)21(25)26/h5-13H,1-4H3,(H,22,23)(H,25,26)/p-1. The van der Waals surface area contributed by atoms with Crippen LogP contribution in [0.5, 0.6) is 5.75 Å². The lowest BCUT2D eigenvalue weighted by molar-refractivity contribution is -0.254. The predicted octanol–water partition coefficient (Wildman–Crippen LogP) is 3.20. The average Bonchev–Trinajstić information content (AvgIpc) is 2.62. The van der Waals surface area contributed by atoms with Crippen LogP contribution < -0.4 is 20.1 Å². The fourth-order valence-electron chi connectivity index (χ4n) is 2.81. The Kier molecular flexibility index (Phi) is 5.16. The third-order valence-corrected chi connectivity index (χ3v) is 4.10. The summed E-state index contributed by atoms with van der Waals surface area (Å²) in [6.45, 7) is 3.88. The van der Waals surface area contributed by atoms with Gasteiger partial charge in [-0.2, -0.15) is 0 Å². The van der Waals surface area contributed by atoms with Crippen LogP contribution in [-0.2, 0) is 0 Å². The van der Waals surface area contributed by atoms with Crippen molar-refractivity contribution >= 4 is 33.9 Å². The van der Waals surface area contributed by atoms with Gasteiger partial charge in [-0.3, -0.25) is 4.98 Å². The van der Waals surface area contributed by atoms with Crippen molar-refractivity contribution in [3.63, 3.8) is 0 Å². The number of ether oxygens (including phenoxy) is 1. The van der Waals surface area contributed by atoms with Gasteiger partial charge in [0.1, 0.15) is 5.75 Å². The van der Waals surface area contributed by atoms with Crippen LogP contribution in [-0.4, -0.2) is 31.2 Å². The van der Waals surface area contributed by atoms with Crippen molar-refractivity contribution in [3.05, 3.63) is 54.2 Å². The van der Waals surface area contributed by atoms with E-state index in [1.165, 1.54) is 6.20 Å². The fourth-order valence-corrected chi connectivity index (χ4v) is 2.81. The molecule has 27 heavy (non-hydrogen) atoms. The van der Waals surface area contributed by atoms with E-state index in [0.29, 0.717) is 28.0 Å². The van der Waals surface area contributed by atoms with Crippen LogP contribution in [0.4, 0.5) is 17.1 Å². The van der Waals surface area contributed by atoms with Crippen molar-refractivity contribution in [2.24, 2.45) is 0 Å². The first kappa shape index (κ1) is 18.5. The highest BCUT2D eigenvalue weighted by Crippen LogP contribution is 2.35. The molecule has 0 unspecified atom stereocenters. The summed E-state index contributed by atoms with van der Waals surface area (Å²) < 4.78 is 5.84. The van der Waals surface area contributed by atoms with Gasteiger partial charge in [0.25, 0.3) is 0 Å². The number of rotatable bonds is 6. The molecule has 0 atom stereocenters. The van der Waals surface area contributed by atoms with E-state index < -0.39 is 5.97 Å². The second-order valence-electron chi connectivity index (χ2n) is 6.72. The van der Waals surface area contributed by atoms with Gasteiger partial charge in [0.15, 0.2) is 0 Å². The first-order chi connectivity index (χ1) is 12.9. The molecule has 2 aromatic carbocycles. The number of pyridine rings is 1. The summed E-state index contributed by atoms with van der Waals surface area (Å²) in [5, 5.41) is 15.6. The zero-order chi connectivity index (χ0) is 19.6. The van der Waals surface area contributed by atoms with Gasteiger partial charge in [-0.15, -0.1) is 0 Å². The summed E-state index contributed by atoms with van der Waals surface area (Å²) >= 11 is 0. The Hall–Kier alpha value is -3.28. The molecule has 0 saturated heterocycles. The SMILES string of the molecule is CC(C)Oc1ccccc1Nc1c(C(=O)[O-])cnc2ccc(N(C)C)cc12. The molecule has 0 aliphatic heterocycles. The molecule has 1 aromatic heterocycles. The van der Waals surface area contributed by atoms with E-state index in [1.807, 2.05) is 75.3 Å². The maximum absolute atomic E-state index is 11.7. The second-order valence-corrected chi connectivity index (χ2v) is 6.72. The molecule has 0 aliphatic carbocycles. The van der Waals surface area contributed by atoms with Crippen LogP contribution in [0.15, 0.2) is 48.7 Å². The number of carboxylic acids is 1. The number of hydrogen-bond donors (Lipinski definition) is 1. The van der Waals surface area contributed by atoms with Crippen LogP contribution in [0.2, 0.25) is 0 Å². The topological polar surface area (TPSA) is 77.5 Å². The number of fused-ring (bicyclic) bond motifs is 1. The molecule has 6 nitrogen and oxygen atoms in total. The lowest BCUT2D eigenvalue weighted by Crippen LogP contribution is -2.24. The molecule has 3 aromatic rings. The van der Waals surface area contributed by atoms with Gasteiger partial charge in [0.05, 0.1) is 29.0 Å². The first-order valence-electron chi connectivity index (χ1n) is 8.71. The van der Waals surface area contributed by atoms with E-state index in [-0.39, 0.29) is 11.7 Å². The molecule has 0 radical (unpaired) electrons. The molecular formula is C21H22N3O3-. The summed E-state index contributed by atoms with van der Waals surface area (Å²) in [6.07, 6.45) is 1.31. The number of benzene rings is 2. The minimum absolute atomic E-state index is 0.00208. The average molecular weight is 364 g/mol. The van der Waals surface area contributed by atoms with Crippen molar-refractivity contribution < 1.29 is 14.6 Å². The van der Waals surface area contributed by atoms with E-state index in [1.54, 1.807) is 0 Å². The zero-order valence-electron chi connectivity index (χ0n) is 15.8. The molecule has 3 rings (SSSR count). The highest BCUT2D eigenvalue weighted by atomic mass is 16.5. The third-order valence-electron chi connectivity index (χ3n) is 4.10. The summed E-state index contributed by atoms with van der Waals surface area (Å²) in [4.78, 5) is 17.9. The molecule has 0 spiro atoms. The minimum Gasteiger partial charge on any atom is -0.545 e. The number of carbonyl (C=O) groups is 1. The van der Waals surface area contributed by atoms with E-state index in [0.717, 1.165) is 5.69 Å². The Bertz CT molecular complexity index is 984. The van der Waals surface area contributed by atoms with Gasteiger partial charge in [-0.1, -0.05) is 12.1 Å². The number of anilines is 3. The normalized spacial score (nSPS) is 10.9. The van der Waals surface area contributed by atoms with E-state index in [4.69, 9.17) is 4.74 Å². The first-order valence-corrected chi connectivity index (χ1v) is 8.71. The predicted molar refractivity (Wildman–Crippen MR) is 106 cm³/mol. The van der Waals surface area contributed by atoms with Crippen LogP contribution in [0.1, 0.15) is 24.2 Å². The maximum Gasteiger partial charge on any atom is 0.143 e. The monoisotopic (exact) mass is 364 g/mol. The molecule has 140 valence electrons. The number of nitrogens with one attached hydrogen (secondary N) is 1. The molecule has 0 amide bonds. The summed E-state index contributed by atoms with van der Waals surface area (Å²) in [7, 11) is 3.85. The highest BCUT2D eigenvalue weighted by Gasteiger charge is 2.14. The van der Waals surface area contributed by atoms with Gasteiger partial charge < -0.3 is 24.9 Å². The second kappa shape index (κ2) is 7.53. The number of carbonyl (C=O) groups excluding carboxylic acids is 1. The Morgan fingerprint density at radius 1 is 1.19 bits per heavy atom. The molecule has 0 bridgehead atoms. The molecule has 0 fully saturated rings. The molecule has 6 heteroatoms. The van der Waals surface area contributed by atoms with Crippen LogP contribution in [0.25, 0.3) is 10.9 Å². The highest BCUT2D eigenvalue weighted by molar-refractivity contribution is 6.05. The van der Waals surface area contributed by atoms with E-state index in [9.17, 15) is 9.90 Å². The third kappa shape index (κ3) is 3.95. The number of carboxylic acid groups (broad SMARTS) is 1. The van der Waals surface area contributed by atoms with E-state index in [2.05, 4.69) is 10.3 Å². The lowest BCUT2D eigenvalue weighted by atomic mass is 10.1. The molecular weight excluding hydrogens is 342 g/mol. The lowest BCUT2D eigenvalue weighted by Gasteiger charge is -2.20. The Morgan fingerprint density at radius 3 is 2.59 bits per heavy atom. The molecule has 1 N–H and O–H groups in total. The summed E-state index contributed by atoms with van der Waals surface area (Å²) in [5.74, 6) is -0.644. The van der Waals surface area contributed by atoms with Gasteiger partial charge >= 0.3 is 0 Å². The van der Waals surface area contributed by atoms with Crippen molar-refractivity contribution in [1.29, 1.82) is 0 Å². The van der Waals surface area contributed by atoms with Crippen LogP contribution in [0, 0.1) is 0 Å². The van der Waals surface area contributed by atoms with Crippen LogP contribution >= 0.6 is 0 Å². The van der Waals surface area contributed by atoms with Gasteiger partial charge in [-0.25, -0.2) is 0 Å². The van der Waals surface area contributed by atoms with Crippen LogP contribution in [0.3, 0.4) is 0 Å². The van der Waals surface area contributed by atoms with Gasteiger partial charge in [-0.05, 0) is 44.2 Å². The maximum atomic E-state index is 11.7. The van der Waals surface area contributed by atoms with Gasteiger partial charge in [0.2, 0.25) is 0 Å². The summed E-state index contributed by atoms with van der Waals surface area (Å²) in [5.41, 5.74) is 2.74. The number of nitrogens with zero attached hydrogens (tertiary/aromatic N) is 2. The van der Waals surface area contributed by atoms with Gasteiger partial charge in [0, 0.05) is 36.9 Å². The zero-order valence-corrected chi connectivity index (χ0v) is 15.8. The number of para-hydroxylation sites is 2. The molecule has 1 heterocycles. The van der Waals surface area contributed by atoms with Crippen molar-refractivity contribution in [2.75, 3.05) is 24.3 Å². The van der Waals surface area contributed by atoms with Crippen molar-refractivity contribution in [3.8, 4) is 5.75 Å². The minimum atomic E-state index is -1.29. The molecule has 0 aliphatic rings. The fraction of sp³-hybridized carbons (Fsp3) is 0.238. The molecule has 0 saturated carbocycles. The number of aromatic nitrogens is 1. The van der Waals surface area contributed by atoms with Crippen molar-refractivity contribution in [1.82, 2.24) is 4.98 Å². The smallest absolute Gasteiger partial charge is 0.143 e. The Morgan fingerprint density at radius 2 is 1.93 bits per heavy atom.